The van der Waals surface area contributed by atoms with Gasteiger partial charge >= 0.3 is 0 Å². The predicted octanol–water partition coefficient (Wildman–Crippen LogP) is 1.53. The summed E-state index contributed by atoms with van der Waals surface area (Å²) in [6.07, 6.45) is 7.25. The van der Waals surface area contributed by atoms with Gasteiger partial charge in [-0.1, -0.05) is 30.3 Å². The van der Waals surface area contributed by atoms with E-state index in [9.17, 15) is 5.11 Å². The molecule has 2 N–H and O–H groups in total. The minimum Gasteiger partial charge on any atom is -0.382 e. The molecule has 0 radical (unpaired) electrons. The van der Waals surface area contributed by atoms with Crippen molar-refractivity contribution in [3.8, 4) is 0 Å². The number of β-amino-alcohol motifs (C(OH)–C–C–N with tert-alkyl or cyclic N) is 1. The summed E-state index contributed by atoms with van der Waals surface area (Å²) < 4.78 is 1.96. The van der Waals surface area contributed by atoms with Gasteiger partial charge in [0.25, 0.3) is 0 Å². The van der Waals surface area contributed by atoms with Crippen LogP contribution in [0.4, 0.5) is 0 Å². The molecule has 7 nitrogen and oxygen atoms in total. The van der Waals surface area contributed by atoms with Crippen LogP contribution in [0.25, 0.3) is 0 Å². The van der Waals surface area contributed by atoms with Crippen LogP contribution in [0.2, 0.25) is 0 Å². The van der Waals surface area contributed by atoms with Gasteiger partial charge < -0.3 is 5.11 Å². The van der Waals surface area contributed by atoms with Gasteiger partial charge in [-0.05, 0) is 24.9 Å². The van der Waals surface area contributed by atoms with Crippen LogP contribution >= 0.6 is 0 Å². The zero-order valence-electron chi connectivity index (χ0n) is 14.0. The molecule has 1 fully saturated rings. The van der Waals surface area contributed by atoms with E-state index in [1.165, 1.54) is 5.56 Å². The number of aliphatic hydroxyl groups is 1. The van der Waals surface area contributed by atoms with E-state index in [1.54, 1.807) is 6.20 Å². The number of H-pyrrole nitrogens is 1. The number of benzene rings is 1. The number of aromatic nitrogens is 5. The van der Waals surface area contributed by atoms with Crippen LogP contribution in [-0.2, 0) is 18.7 Å². The maximum absolute atomic E-state index is 10.9. The largest absolute Gasteiger partial charge is 0.382 e. The fraction of sp³-hybridized carbons (Fsp3) is 0.389. The van der Waals surface area contributed by atoms with Gasteiger partial charge in [0.15, 0.2) is 0 Å². The molecule has 0 aliphatic carbocycles. The molecule has 0 bridgehead atoms. The first-order valence-electron chi connectivity index (χ1n) is 8.57. The van der Waals surface area contributed by atoms with Crippen LogP contribution in [0, 0.1) is 0 Å². The third-order valence-electron chi connectivity index (χ3n) is 4.72. The molecule has 0 saturated carbocycles. The minimum absolute atomic E-state index is 0.559. The summed E-state index contributed by atoms with van der Waals surface area (Å²) in [4.78, 5) is 2.25. The van der Waals surface area contributed by atoms with Crippen LogP contribution in [0.3, 0.4) is 0 Å². The van der Waals surface area contributed by atoms with E-state index in [2.05, 4.69) is 43.7 Å². The fourth-order valence-electron chi connectivity index (χ4n) is 3.50. The zero-order valence-corrected chi connectivity index (χ0v) is 14.0. The number of likely N-dealkylation sites (tertiary alicyclic amines) is 1. The first kappa shape index (κ1) is 16.0. The number of rotatable bonds is 5. The zero-order chi connectivity index (χ0) is 17.1. The van der Waals surface area contributed by atoms with Crippen molar-refractivity contribution in [3.05, 3.63) is 65.7 Å². The van der Waals surface area contributed by atoms with Gasteiger partial charge in [0.05, 0.1) is 18.9 Å². The topological polar surface area (TPSA) is 82.9 Å². The number of nitrogens with one attached hydrogen (secondary N) is 1. The first-order valence-corrected chi connectivity index (χ1v) is 8.57. The molecule has 3 aromatic rings. The van der Waals surface area contributed by atoms with Crippen LogP contribution in [0.5, 0.6) is 0 Å². The molecule has 4 rings (SSSR count). The Morgan fingerprint density at radius 2 is 2.00 bits per heavy atom. The molecule has 2 aromatic heterocycles. The van der Waals surface area contributed by atoms with Crippen molar-refractivity contribution >= 4 is 0 Å². The van der Waals surface area contributed by atoms with E-state index < -0.39 is 5.60 Å². The second-order valence-electron chi connectivity index (χ2n) is 6.73. The summed E-state index contributed by atoms with van der Waals surface area (Å²) in [6.45, 7) is 3.06. The lowest BCUT2D eigenvalue weighted by atomic mass is 9.90. The second kappa shape index (κ2) is 6.78. The number of hydrogen-bond donors (Lipinski definition) is 2. The Labute approximate surface area is 146 Å². The van der Waals surface area contributed by atoms with Crippen LogP contribution in [-0.4, -0.2) is 48.3 Å². The number of aromatic amines is 1. The lowest BCUT2D eigenvalue weighted by Crippen LogP contribution is -2.45. The monoisotopic (exact) mass is 338 g/mol. The third-order valence-corrected chi connectivity index (χ3v) is 4.72. The molecule has 1 aromatic carbocycles. The molecular formula is C18H22N6O. The van der Waals surface area contributed by atoms with Crippen molar-refractivity contribution in [2.24, 2.45) is 0 Å². The summed E-state index contributed by atoms with van der Waals surface area (Å²) in [5.74, 6) is 0. The quantitative estimate of drug-likeness (QED) is 0.737. The molecule has 0 unspecified atom stereocenters. The van der Waals surface area contributed by atoms with Crippen LogP contribution in [0.15, 0.2) is 48.9 Å². The van der Waals surface area contributed by atoms with E-state index in [0.29, 0.717) is 18.7 Å². The highest BCUT2D eigenvalue weighted by atomic mass is 16.3. The Hall–Kier alpha value is -2.51. The number of piperidine rings is 1. The molecule has 0 spiro atoms. The van der Waals surface area contributed by atoms with Crippen molar-refractivity contribution in [3.63, 3.8) is 0 Å². The lowest BCUT2D eigenvalue weighted by Gasteiger charge is -2.37. The van der Waals surface area contributed by atoms with E-state index >= 15 is 0 Å². The van der Waals surface area contributed by atoms with E-state index in [1.807, 2.05) is 29.1 Å². The number of hydrogen-bond acceptors (Lipinski definition) is 5. The molecule has 7 heteroatoms. The van der Waals surface area contributed by atoms with Gasteiger partial charge in [0.1, 0.15) is 11.3 Å². The van der Waals surface area contributed by atoms with Crippen LogP contribution in [0.1, 0.15) is 29.7 Å². The van der Waals surface area contributed by atoms with Crippen LogP contribution < -0.4 is 0 Å². The Morgan fingerprint density at radius 1 is 1.12 bits per heavy atom. The minimum atomic E-state index is -0.925. The van der Waals surface area contributed by atoms with Crippen molar-refractivity contribution in [1.82, 2.24) is 30.1 Å². The Bertz CT molecular complexity index is 800. The SMILES string of the molecule is O[C@@]1(c2cn[nH]n2)CCCN(Cc2cnn(Cc3ccccc3)c2)C1. The summed E-state index contributed by atoms with van der Waals surface area (Å²) in [5, 5.41) is 25.9. The molecule has 1 aliphatic heterocycles. The number of nitrogens with zero attached hydrogens (tertiary/aromatic N) is 5. The van der Waals surface area contributed by atoms with E-state index in [0.717, 1.165) is 31.6 Å². The Balaban J connectivity index is 1.40. The standard InChI is InChI=1S/C18H22N6O/c25-18(17-10-19-22-21-17)7-4-8-23(14-18)11-16-9-20-24(13-16)12-15-5-2-1-3-6-15/h1-3,5-6,9-10,13,25H,4,7-8,11-12,14H2,(H,19,21,22)/t18-/m0/s1. The Morgan fingerprint density at radius 3 is 2.80 bits per heavy atom. The lowest BCUT2D eigenvalue weighted by molar-refractivity contribution is -0.0414. The molecule has 0 amide bonds. The van der Waals surface area contributed by atoms with Gasteiger partial charge in [-0.15, -0.1) is 0 Å². The average molecular weight is 338 g/mol. The highest BCUT2D eigenvalue weighted by Crippen LogP contribution is 2.30. The fourth-order valence-corrected chi connectivity index (χ4v) is 3.50. The summed E-state index contributed by atoms with van der Waals surface area (Å²) in [7, 11) is 0. The van der Waals surface area contributed by atoms with E-state index in [-0.39, 0.29) is 0 Å². The molecular weight excluding hydrogens is 316 g/mol. The molecule has 1 saturated heterocycles. The summed E-state index contributed by atoms with van der Waals surface area (Å²) in [6, 6.07) is 10.3. The van der Waals surface area contributed by atoms with Gasteiger partial charge in [-0.2, -0.15) is 20.5 Å². The van der Waals surface area contributed by atoms with Crippen molar-refractivity contribution in [1.29, 1.82) is 0 Å². The van der Waals surface area contributed by atoms with Gasteiger partial charge in [-0.3, -0.25) is 9.58 Å². The van der Waals surface area contributed by atoms with Gasteiger partial charge in [0.2, 0.25) is 0 Å². The maximum atomic E-state index is 10.9. The van der Waals surface area contributed by atoms with Gasteiger partial charge in [0, 0.05) is 24.8 Å². The normalized spacial score (nSPS) is 21.5. The Kier molecular flexibility index (Phi) is 4.33. The smallest absolute Gasteiger partial charge is 0.123 e. The van der Waals surface area contributed by atoms with Crippen molar-refractivity contribution in [2.45, 2.75) is 31.5 Å². The van der Waals surface area contributed by atoms with Crippen molar-refractivity contribution in [2.75, 3.05) is 13.1 Å². The van der Waals surface area contributed by atoms with Gasteiger partial charge in [-0.25, -0.2) is 0 Å². The third kappa shape index (κ3) is 3.62. The molecule has 3 heterocycles. The second-order valence-corrected chi connectivity index (χ2v) is 6.73. The first-order chi connectivity index (χ1) is 12.2. The van der Waals surface area contributed by atoms with Crippen molar-refractivity contribution < 1.29 is 5.11 Å². The highest BCUT2D eigenvalue weighted by molar-refractivity contribution is 5.16. The maximum Gasteiger partial charge on any atom is 0.123 e. The van der Waals surface area contributed by atoms with E-state index in [4.69, 9.17) is 0 Å². The highest BCUT2D eigenvalue weighted by Gasteiger charge is 2.37. The molecule has 1 aliphatic rings. The molecule has 1 atom stereocenters. The molecule has 25 heavy (non-hydrogen) atoms. The predicted molar refractivity (Wildman–Crippen MR) is 92.6 cm³/mol. The molecule has 130 valence electrons. The summed E-state index contributed by atoms with van der Waals surface area (Å²) in [5.41, 5.74) is 2.08. The average Bonchev–Trinajstić information content (AvgIpc) is 3.29. The summed E-state index contributed by atoms with van der Waals surface area (Å²) >= 11 is 0.